The zero-order chi connectivity index (χ0) is 13.6. The van der Waals surface area contributed by atoms with E-state index in [2.05, 4.69) is 44.0 Å². The molecule has 0 bridgehead atoms. The predicted molar refractivity (Wildman–Crippen MR) is 80.8 cm³/mol. The number of hydrogen-bond acceptors (Lipinski definition) is 4. The summed E-state index contributed by atoms with van der Waals surface area (Å²) < 4.78 is 0. The highest BCUT2D eigenvalue weighted by atomic mass is 15.3. The fourth-order valence-electron chi connectivity index (χ4n) is 2.56. The van der Waals surface area contributed by atoms with E-state index in [0.717, 1.165) is 45.0 Å². The third-order valence-corrected chi connectivity index (χ3v) is 3.76. The Labute approximate surface area is 120 Å². The van der Waals surface area contributed by atoms with Gasteiger partial charge >= 0.3 is 0 Å². The summed E-state index contributed by atoms with van der Waals surface area (Å²) in [5.41, 5.74) is 1.18. The van der Waals surface area contributed by atoms with Crippen molar-refractivity contribution in [2.45, 2.75) is 6.42 Å². The number of aromatic nitrogens is 2. The smallest absolute Gasteiger partial charge is 0.128 e. The largest absolute Gasteiger partial charge is 0.354 e. The first kappa shape index (κ1) is 13.1. The topological polar surface area (TPSA) is 32.3 Å². The first-order valence-electron chi connectivity index (χ1n) is 7.20. The molecule has 0 unspecified atom stereocenters. The molecule has 0 aliphatic carbocycles. The summed E-state index contributed by atoms with van der Waals surface area (Å²) in [6.07, 6.45) is 4.77. The molecule has 4 nitrogen and oxygen atoms in total. The standard InChI is InChI=1S/C16H20N4/c1-3-8-17-15(5-1)7-10-19-11-13-20(14-12-19)16-6-2-4-9-18-16/h1-6,8-9H,7,10-14H2. The molecule has 0 amide bonds. The van der Waals surface area contributed by atoms with Crippen molar-refractivity contribution < 1.29 is 0 Å². The lowest BCUT2D eigenvalue weighted by Crippen LogP contribution is -2.47. The Balaban J connectivity index is 1.47. The van der Waals surface area contributed by atoms with Gasteiger partial charge < -0.3 is 4.90 Å². The Morgan fingerprint density at radius 1 is 0.850 bits per heavy atom. The van der Waals surface area contributed by atoms with Crippen molar-refractivity contribution in [3.05, 3.63) is 54.5 Å². The van der Waals surface area contributed by atoms with Crippen LogP contribution in [-0.4, -0.2) is 47.6 Å². The van der Waals surface area contributed by atoms with E-state index in [4.69, 9.17) is 0 Å². The molecular weight excluding hydrogens is 248 g/mol. The van der Waals surface area contributed by atoms with E-state index >= 15 is 0 Å². The van der Waals surface area contributed by atoms with Crippen LogP contribution in [0.15, 0.2) is 48.8 Å². The van der Waals surface area contributed by atoms with Crippen LogP contribution in [0.2, 0.25) is 0 Å². The normalized spacial score (nSPS) is 16.3. The van der Waals surface area contributed by atoms with Gasteiger partial charge in [0.25, 0.3) is 0 Å². The van der Waals surface area contributed by atoms with Crippen molar-refractivity contribution in [3.63, 3.8) is 0 Å². The van der Waals surface area contributed by atoms with Gasteiger partial charge in [-0.15, -0.1) is 0 Å². The highest BCUT2D eigenvalue weighted by Gasteiger charge is 2.17. The number of rotatable bonds is 4. The molecule has 1 saturated heterocycles. The van der Waals surface area contributed by atoms with Crippen LogP contribution in [0, 0.1) is 0 Å². The zero-order valence-corrected chi connectivity index (χ0v) is 11.7. The second-order valence-corrected chi connectivity index (χ2v) is 5.09. The summed E-state index contributed by atoms with van der Waals surface area (Å²) in [6, 6.07) is 12.2. The molecule has 1 aliphatic heterocycles. The van der Waals surface area contributed by atoms with Crippen LogP contribution >= 0.6 is 0 Å². The minimum absolute atomic E-state index is 1.03. The lowest BCUT2D eigenvalue weighted by Gasteiger charge is -2.35. The van der Waals surface area contributed by atoms with Crippen molar-refractivity contribution in [2.75, 3.05) is 37.6 Å². The quantitative estimate of drug-likeness (QED) is 0.847. The van der Waals surface area contributed by atoms with Gasteiger partial charge in [0.2, 0.25) is 0 Å². The third-order valence-electron chi connectivity index (χ3n) is 3.76. The Hall–Kier alpha value is -1.94. The van der Waals surface area contributed by atoms with Crippen LogP contribution in [0.25, 0.3) is 0 Å². The van der Waals surface area contributed by atoms with Gasteiger partial charge in [-0.2, -0.15) is 0 Å². The molecule has 0 atom stereocenters. The Morgan fingerprint density at radius 2 is 1.60 bits per heavy atom. The number of nitrogens with zero attached hydrogens (tertiary/aromatic N) is 4. The molecule has 104 valence electrons. The van der Waals surface area contributed by atoms with E-state index in [-0.39, 0.29) is 0 Å². The molecule has 3 rings (SSSR count). The average Bonchev–Trinajstić information content (AvgIpc) is 2.55. The lowest BCUT2D eigenvalue weighted by molar-refractivity contribution is 0.259. The van der Waals surface area contributed by atoms with Gasteiger partial charge in [0.05, 0.1) is 0 Å². The minimum atomic E-state index is 1.03. The first-order chi connectivity index (χ1) is 9.92. The van der Waals surface area contributed by atoms with Crippen LogP contribution in [0.3, 0.4) is 0 Å². The van der Waals surface area contributed by atoms with E-state index < -0.39 is 0 Å². The summed E-state index contributed by atoms with van der Waals surface area (Å²) in [4.78, 5) is 13.7. The van der Waals surface area contributed by atoms with Gasteiger partial charge in [-0.05, 0) is 24.3 Å². The van der Waals surface area contributed by atoms with Crippen LogP contribution < -0.4 is 4.90 Å². The van der Waals surface area contributed by atoms with Crippen molar-refractivity contribution in [3.8, 4) is 0 Å². The van der Waals surface area contributed by atoms with Crippen molar-refractivity contribution in [1.82, 2.24) is 14.9 Å². The summed E-state index contributed by atoms with van der Waals surface area (Å²) in [5.74, 6) is 1.09. The highest BCUT2D eigenvalue weighted by molar-refractivity contribution is 5.38. The molecular formula is C16H20N4. The molecule has 2 aromatic heterocycles. The first-order valence-corrected chi connectivity index (χ1v) is 7.20. The summed E-state index contributed by atoms with van der Waals surface area (Å²) in [6.45, 7) is 5.40. The van der Waals surface area contributed by atoms with Crippen molar-refractivity contribution >= 4 is 5.82 Å². The monoisotopic (exact) mass is 268 g/mol. The number of pyridine rings is 2. The summed E-state index contributed by atoms with van der Waals surface area (Å²) >= 11 is 0. The maximum absolute atomic E-state index is 4.42. The van der Waals surface area contributed by atoms with Gasteiger partial charge in [0.15, 0.2) is 0 Å². The minimum Gasteiger partial charge on any atom is -0.354 e. The zero-order valence-electron chi connectivity index (χ0n) is 11.7. The molecule has 1 aliphatic rings. The maximum Gasteiger partial charge on any atom is 0.128 e. The van der Waals surface area contributed by atoms with Crippen LogP contribution in [0.5, 0.6) is 0 Å². The number of hydrogen-bond donors (Lipinski definition) is 0. The number of piperazine rings is 1. The molecule has 0 aromatic carbocycles. The van der Waals surface area contributed by atoms with Crippen molar-refractivity contribution in [2.24, 2.45) is 0 Å². The summed E-state index contributed by atoms with van der Waals surface area (Å²) in [7, 11) is 0. The highest BCUT2D eigenvalue weighted by Crippen LogP contribution is 2.12. The molecule has 0 spiro atoms. The second kappa shape index (κ2) is 6.48. The second-order valence-electron chi connectivity index (χ2n) is 5.09. The third kappa shape index (κ3) is 3.33. The summed E-state index contributed by atoms with van der Waals surface area (Å²) in [5, 5.41) is 0. The molecule has 20 heavy (non-hydrogen) atoms. The SMILES string of the molecule is c1ccc(CCN2CCN(c3ccccn3)CC2)nc1. The van der Waals surface area contributed by atoms with E-state index in [1.54, 1.807) is 0 Å². The Kier molecular flexibility index (Phi) is 4.23. The molecule has 3 heterocycles. The van der Waals surface area contributed by atoms with E-state index in [9.17, 15) is 0 Å². The Bertz CT molecular complexity index is 507. The molecule has 2 aromatic rings. The predicted octanol–water partition coefficient (Wildman–Crippen LogP) is 1.84. The molecule has 0 saturated carbocycles. The van der Waals surface area contributed by atoms with E-state index in [0.29, 0.717) is 0 Å². The molecule has 1 fully saturated rings. The fourth-order valence-corrected chi connectivity index (χ4v) is 2.56. The van der Waals surface area contributed by atoms with Gasteiger partial charge in [0, 0.05) is 57.2 Å². The van der Waals surface area contributed by atoms with E-state index in [1.807, 2.05) is 24.5 Å². The van der Waals surface area contributed by atoms with Gasteiger partial charge in [0.1, 0.15) is 5.82 Å². The molecule has 4 heteroatoms. The van der Waals surface area contributed by atoms with Crippen LogP contribution in [-0.2, 0) is 6.42 Å². The molecule has 0 N–H and O–H groups in total. The van der Waals surface area contributed by atoms with Gasteiger partial charge in [-0.3, -0.25) is 9.88 Å². The van der Waals surface area contributed by atoms with Gasteiger partial charge in [-0.1, -0.05) is 12.1 Å². The Morgan fingerprint density at radius 3 is 2.25 bits per heavy atom. The van der Waals surface area contributed by atoms with Crippen molar-refractivity contribution in [1.29, 1.82) is 0 Å². The van der Waals surface area contributed by atoms with Gasteiger partial charge in [-0.25, -0.2) is 4.98 Å². The lowest BCUT2D eigenvalue weighted by atomic mass is 10.2. The number of anilines is 1. The van der Waals surface area contributed by atoms with Crippen LogP contribution in [0.4, 0.5) is 5.82 Å². The van der Waals surface area contributed by atoms with Crippen LogP contribution in [0.1, 0.15) is 5.69 Å². The molecule has 0 radical (unpaired) electrons. The fraction of sp³-hybridized carbons (Fsp3) is 0.375. The average molecular weight is 268 g/mol. The van der Waals surface area contributed by atoms with E-state index in [1.165, 1.54) is 5.69 Å². The maximum atomic E-state index is 4.42.